The first-order chi connectivity index (χ1) is 8.02. The Morgan fingerprint density at radius 3 is 2.65 bits per heavy atom. The van der Waals surface area contributed by atoms with Crippen LogP contribution >= 0.6 is 0 Å². The van der Waals surface area contributed by atoms with E-state index >= 15 is 0 Å². The Labute approximate surface area is 98.6 Å². The summed E-state index contributed by atoms with van der Waals surface area (Å²) in [5.74, 6) is -1.80. The number of rotatable bonds is 3. The van der Waals surface area contributed by atoms with E-state index in [0.717, 1.165) is 0 Å². The third-order valence-corrected chi connectivity index (χ3v) is 2.71. The first kappa shape index (κ1) is 11.7. The summed E-state index contributed by atoms with van der Waals surface area (Å²) >= 11 is 0. The average molecular weight is 236 g/mol. The van der Waals surface area contributed by atoms with Crippen LogP contribution in [0.15, 0.2) is 18.2 Å². The Balaban J connectivity index is 2.36. The maximum atomic E-state index is 13.7. The number of ketones is 1. The lowest BCUT2D eigenvalue weighted by Crippen LogP contribution is -2.36. The van der Waals surface area contributed by atoms with Gasteiger partial charge in [0.1, 0.15) is 5.82 Å². The predicted octanol–water partition coefficient (Wildman–Crippen LogP) is 0.917. The minimum Gasteiger partial charge on any atom is -0.308 e. The topological polar surface area (TPSA) is 40.6 Å². The van der Waals surface area contributed by atoms with Crippen molar-refractivity contribution in [2.45, 2.75) is 0 Å². The lowest BCUT2D eigenvalue weighted by Gasteiger charge is -2.19. The van der Waals surface area contributed by atoms with E-state index in [1.807, 2.05) is 19.0 Å². The van der Waals surface area contributed by atoms with Crippen molar-refractivity contribution in [1.82, 2.24) is 4.90 Å². The van der Waals surface area contributed by atoms with Gasteiger partial charge in [0, 0.05) is 13.1 Å². The van der Waals surface area contributed by atoms with Crippen molar-refractivity contribution in [2.24, 2.45) is 0 Å². The number of halogens is 1. The van der Waals surface area contributed by atoms with E-state index in [4.69, 9.17) is 0 Å². The highest BCUT2D eigenvalue weighted by molar-refractivity contribution is 6.52. The third-order valence-electron chi connectivity index (χ3n) is 2.71. The quantitative estimate of drug-likeness (QED) is 0.733. The molecule has 1 aromatic carbocycles. The minimum atomic E-state index is -0.646. The van der Waals surface area contributed by atoms with Crippen LogP contribution in [0.5, 0.6) is 0 Å². The van der Waals surface area contributed by atoms with Gasteiger partial charge in [0.05, 0.1) is 11.3 Å². The minimum absolute atomic E-state index is 0.115. The zero-order valence-electron chi connectivity index (χ0n) is 9.74. The fraction of sp³-hybridized carbons (Fsp3) is 0.333. The van der Waals surface area contributed by atoms with Gasteiger partial charge in [0.2, 0.25) is 0 Å². The summed E-state index contributed by atoms with van der Waals surface area (Å²) in [6.45, 7) is 0.887. The van der Waals surface area contributed by atoms with Crippen molar-refractivity contribution in [3.05, 3.63) is 29.6 Å². The molecular weight excluding hydrogens is 223 g/mol. The molecule has 0 saturated carbocycles. The molecular formula is C12H13FN2O2. The zero-order chi connectivity index (χ0) is 12.6. The molecule has 1 amide bonds. The summed E-state index contributed by atoms with van der Waals surface area (Å²) in [5.41, 5.74) is 0.276. The number of Topliss-reactive ketones (excluding diaryl/α,β-unsaturated/α-hetero) is 1. The number of amides is 1. The molecule has 0 saturated heterocycles. The number of carbonyl (C=O) groups is 2. The van der Waals surface area contributed by atoms with E-state index in [0.29, 0.717) is 13.1 Å². The lowest BCUT2D eigenvalue weighted by atomic mass is 10.1. The maximum absolute atomic E-state index is 13.7. The van der Waals surface area contributed by atoms with Crippen molar-refractivity contribution in [3.8, 4) is 0 Å². The highest BCUT2D eigenvalue weighted by Crippen LogP contribution is 2.31. The molecule has 4 nitrogen and oxygen atoms in total. The van der Waals surface area contributed by atoms with Crippen LogP contribution in [-0.2, 0) is 4.79 Å². The number of nitrogens with zero attached hydrogens (tertiary/aromatic N) is 2. The van der Waals surface area contributed by atoms with Gasteiger partial charge >= 0.3 is 0 Å². The molecule has 1 aliphatic heterocycles. The van der Waals surface area contributed by atoms with Gasteiger partial charge in [-0.15, -0.1) is 0 Å². The van der Waals surface area contributed by atoms with Gasteiger partial charge in [-0.1, -0.05) is 6.07 Å². The van der Waals surface area contributed by atoms with Gasteiger partial charge in [-0.05, 0) is 26.2 Å². The van der Waals surface area contributed by atoms with Gasteiger partial charge in [-0.3, -0.25) is 9.59 Å². The van der Waals surface area contributed by atoms with Crippen molar-refractivity contribution < 1.29 is 14.0 Å². The molecule has 1 aliphatic rings. The highest BCUT2D eigenvalue weighted by atomic mass is 19.1. The number of likely N-dealkylation sites (N-methyl/N-ethyl adjacent to an activating group) is 1. The average Bonchev–Trinajstić information content (AvgIpc) is 2.52. The van der Waals surface area contributed by atoms with Gasteiger partial charge < -0.3 is 9.80 Å². The molecule has 0 unspecified atom stereocenters. The van der Waals surface area contributed by atoms with E-state index in [9.17, 15) is 14.0 Å². The van der Waals surface area contributed by atoms with E-state index in [2.05, 4.69) is 0 Å². The molecule has 1 heterocycles. The number of benzene rings is 1. The number of anilines is 1. The summed E-state index contributed by atoms with van der Waals surface area (Å²) in [4.78, 5) is 26.4. The van der Waals surface area contributed by atoms with Gasteiger partial charge in [-0.25, -0.2) is 4.39 Å². The molecule has 0 N–H and O–H groups in total. The summed E-state index contributed by atoms with van der Waals surface area (Å²) in [6.07, 6.45) is 0. The molecule has 1 aromatic rings. The first-order valence-corrected chi connectivity index (χ1v) is 5.32. The molecule has 0 spiro atoms. The number of carbonyl (C=O) groups excluding carboxylic acids is 2. The summed E-state index contributed by atoms with van der Waals surface area (Å²) in [5, 5.41) is 0. The van der Waals surface area contributed by atoms with Crippen LogP contribution in [0, 0.1) is 5.82 Å². The number of fused-ring (bicyclic) bond motifs is 1. The summed E-state index contributed by atoms with van der Waals surface area (Å²) in [6, 6.07) is 4.18. The van der Waals surface area contributed by atoms with Crippen molar-refractivity contribution in [2.75, 3.05) is 32.1 Å². The Hall–Kier alpha value is -1.75. The van der Waals surface area contributed by atoms with Crippen LogP contribution < -0.4 is 4.90 Å². The van der Waals surface area contributed by atoms with Crippen molar-refractivity contribution in [1.29, 1.82) is 0 Å². The third kappa shape index (κ3) is 1.93. The van der Waals surface area contributed by atoms with E-state index in [-0.39, 0.29) is 11.3 Å². The van der Waals surface area contributed by atoms with E-state index < -0.39 is 17.5 Å². The first-order valence-electron chi connectivity index (χ1n) is 5.32. The van der Waals surface area contributed by atoms with E-state index in [1.165, 1.54) is 23.1 Å². The SMILES string of the molecule is CN(C)CCN1C(=O)C(=O)c2cccc(F)c21. The molecule has 0 atom stereocenters. The van der Waals surface area contributed by atoms with Crippen LogP contribution in [0.1, 0.15) is 10.4 Å². The van der Waals surface area contributed by atoms with Crippen LogP contribution in [-0.4, -0.2) is 43.8 Å². The van der Waals surface area contributed by atoms with E-state index in [1.54, 1.807) is 0 Å². The monoisotopic (exact) mass is 236 g/mol. The summed E-state index contributed by atoms with van der Waals surface area (Å²) < 4.78 is 13.7. The van der Waals surface area contributed by atoms with Gasteiger partial charge in [0.25, 0.3) is 11.7 Å². The van der Waals surface area contributed by atoms with Crippen LogP contribution in [0.2, 0.25) is 0 Å². The van der Waals surface area contributed by atoms with Crippen LogP contribution in [0.25, 0.3) is 0 Å². The molecule has 0 aliphatic carbocycles. The van der Waals surface area contributed by atoms with Gasteiger partial charge in [-0.2, -0.15) is 0 Å². The molecule has 90 valence electrons. The molecule has 2 rings (SSSR count). The fourth-order valence-corrected chi connectivity index (χ4v) is 1.83. The highest BCUT2D eigenvalue weighted by Gasteiger charge is 2.37. The van der Waals surface area contributed by atoms with Crippen LogP contribution in [0.3, 0.4) is 0 Å². The van der Waals surface area contributed by atoms with Gasteiger partial charge in [0.15, 0.2) is 0 Å². The lowest BCUT2D eigenvalue weighted by molar-refractivity contribution is -0.114. The molecule has 0 fully saturated rings. The number of hydrogen-bond acceptors (Lipinski definition) is 3. The molecule has 0 aromatic heterocycles. The van der Waals surface area contributed by atoms with Crippen molar-refractivity contribution in [3.63, 3.8) is 0 Å². The maximum Gasteiger partial charge on any atom is 0.299 e. The second-order valence-corrected chi connectivity index (χ2v) is 4.23. The zero-order valence-corrected chi connectivity index (χ0v) is 9.74. The largest absolute Gasteiger partial charge is 0.308 e. The normalized spacial score (nSPS) is 14.7. The Kier molecular flexibility index (Phi) is 2.93. The molecule has 0 bridgehead atoms. The number of hydrogen-bond donors (Lipinski definition) is 0. The molecule has 17 heavy (non-hydrogen) atoms. The standard InChI is InChI=1S/C12H13FN2O2/c1-14(2)6-7-15-10-8(11(16)12(15)17)4-3-5-9(10)13/h3-5H,6-7H2,1-2H3. The van der Waals surface area contributed by atoms with Crippen molar-refractivity contribution >= 4 is 17.4 Å². The number of para-hydroxylation sites is 1. The Morgan fingerprint density at radius 2 is 2.00 bits per heavy atom. The Bertz CT molecular complexity index is 485. The second kappa shape index (κ2) is 4.25. The predicted molar refractivity (Wildman–Crippen MR) is 61.6 cm³/mol. The Morgan fingerprint density at radius 1 is 1.29 bits per heavy atom. The summed E-state index contributed by atoms with van der Waals surface area (Å²) in [7, 11) is 3.70. The molecule has 5 heteroatoms. The smallest absolute Gasteiger partial charge is 0.299 e. The fourth-order valence-electron chi connectivity index (χ4n) is 1.83. The van der Waals surface area contributed by atoms with Crippen LogP contribution in [0.4, 0.5) is 10.1 Å². The second-order valence-electron chi connectivity index (χ2n) is 4.23. The molecule has 0 radical (unpaired) electrons.